The lowest BCUT2D eigenvalue weighted by atomic mass is 10.0. The Hall–Kier alpha value is -2.28. The number of thioether (sulfide) groups is 1. The van der Waals surface area contributed by atoms with Crippen molar-refractivity contribution in [1.82, 2.24) is 10.3 Å². The molecule has 1 heterocycles. The molecule has 1 aromatic carbocycles. The van der Waals surface area contributed by atoms with E-state index >= 15 is 0 Å². The number of carbonyl (C=O) groups is 2. The van der Waals surface area contributed by atoms with Crippen LogP contribution in [0.3, 0.4) is 0 Å². The van der Waals surface area contributed by atoms with Crippen LogP contribution in [0.4, 0.5) is 0 Å². The van der Waals surface area contributed by atoms with E-state index in [4.69, 9.17) is 9.52 Å². The topological polar surface area (TPSA) is 92.4 Å². The van der Waals surface area contributed by atoms with E-state index in [1.54, 1.807) is 6.26 Å². The van der Waals surface area contributed by atoms with Gasteiger partial charge in [-0.3, -0.25) is 4.79 Å². The summed E-state index contributed by atoms with van der Waals surface area (Å²) in [7, 11) is 0. The molecular weight excluding hydrogens is 340 g/mol. The number of carboxylic acids is 1. The minimum atomic E-state index is -1.00. The highest BCUT2D eigenvalue weighted by Crippen LogP contribution is 2.20. The molecule has 0 unspecified atom stereocenters. The van der Waals surface area contributed by atoms with E-state index in [0.717, 1.165) is 11.3 Å². The van der Waals surface area contributed by atoms with Gasteiger partial charge in [-0.25, -0.2) is 9.78 Å². The van der Waals surface area contributed by atoms with E-state index in [1.807, 2.05) is 44.2 Å². The highest BCUT2D eigenvalue weighted by molar-refractivity contribution is 7.99. The van der Waals surface area contributed by atoms with Crippen LogP contribution in [-0.2, 0) is 15.3 Å². The van der Waals surface area contributed by atoms with Crippen LogP contribution in [0.15, 0.2) is 41.0 Å². The van der Waals surface area contributed by atoms with Crippen LogP contribution in [0, 0.1) is 5.92 Å². The normalized spacial score (nSPS) is 12.1. The molecule has 0 aliphatic heterocycles. The summed E-state index contributed by atoms with van der Waals surface area (Å²) >= 11 is 1.37. The molecule has 134 valence electrons. The van der Waals surface area contributed by atoms with Gasteiger partial charge in [-0.15, -0.1) is 11.8 Å². The summed E-state index contributed by atoms with van der Waals surface area (Å²) in [6.45, 7) is 3.84. The molecule has 7 heteroatoms. The fourth-order valence-corrected chi connectivity index (χ4v) is 2.98. The van der Waals surface area contributed by atoms with E-state index in [2.05, 4.69) is 10.3 Å². The molecule has 6 nitrogen and oxygen atoms in total. The van der Waals surface area contributed by atoms with Crippen molar-refractivity contribution in [3.05, 3.63) is 42.3 Å². The van der Waals surface area contributed by atoms with Crippen LogP contribution in [0.1, 0.15) is 26.0 Å². The second-order valence-electron chi connectivity index (χ2n) is 6.09. The van der Waals surface area contributed by atoms with E-state index in [0.29, 0.717) is 18.1 Å². The summed E-state index contributed by atoms with van der Waals surface area (Å²) in [6.07, 6.45) is 1.99. The number of oxazole rings is 1. The van der Waals surface area contributed by atoms with Gasteiger partial charge in [0, 0.05) is 11.3 Å². The number of carbonyl (C=O) groups excluding carboxylic acids is 1. The van der Waals surface area contributed by atoms with Crippen LogP contribution < -0.4 is 5.32 Å². The summed E-state index contributed by atoms with van der Waals surface area (Å²) in [5, 5.41) is 11.7. The van der Waals surface area contributed by atoms with Gasteiger partial charge >= 0.3 is 5.97 Å². The number of hydrogen-bond donors (Lipinski definition) is 2. The fraction of sp³-hybridized carbons (Fsp3) is 0.389. The molecular formula is C18H22N2O4S. The molecule has 0 aliphatic rings. The lowest BCUT2D eigenvalue weighted by Gasteiger charge is -2.16. The first-order valence-corrected chi connectivity index (χ1v) is 9.21. The van der Waals surface area contributed by atoms with Gasteiger partial charge in [0.1, 0.15) is 12.3 Å². The summed E-state index contributed by atoms with van der Waals surface area (Å²) in [5.74, 6) is 0.145. The maximum absolute atomic E-state index is 11.9. The van der Waals surface area contributed by atoms with Crippen LogP contribution in [0.2, 0.25) is 0 Å². The minimum Gasteiger partial charge on any atom is -0.480 e. The Morgan fingerprint density at radius 1 is 1.28 bits per heavy atom. The molecule has 1 aromatic heterocycles. The Balaban J connectivity index is 1.79. The van der Waals surface area contributed by atoms with E-state index < -0.39 is 12.0 Å². The van der Waals surface area contributed by atoms with Gasteiger partial charge in [-0.1, -0.05) is 32.0 Å². The average Bonchev–Trinajstić information content (AvgIpc) is 3.03. The first-order valence-electron chi connectivity index (χ1n) is 8.05. The van der Waals surface area contributed by atoms with Gasteiger partial charge in [0.25, 0.3) is 0 Å². The molecule has 1 atom stereocenters. The number of carboxylic acid groups (broad SMARTS) is 1. The van der Waals surface area contributed by atoms with Gasteiger partial charge in [0.2, 0.25) is 11.8 Å². The molecule has 0 fully saturated rings. The molecule has 1 amide bonds. The third-order valence-electron chi connectivity index (χ3n) is 3.40. The molecule has 0 radical (unpaired) electrons. The maximum atomic E-state index is 11.9. The number of rotatable bonds is 9. The van der Waals surface area contributed by atoms with Crippen molar-refractivity contribution in [2.24, 2.45) is 5.92 Å². The quantitative estimate of drug-likeness (QED) is 0.712. The number of amides is 1. The van der Waals surface area contributed by atoms with Crippen molar-refractivity contribution in [2.75, 3.05) is 5.75 Å². The zero-order chi connectivity index (χ0) is 18.2. The molecule has 0 spiro atoms. The van der Waals surface area contributed by atoms with E-state index in [-0.39, 0.29) is 17.6 Å². The zero-order valence-corrected chi connectivity index (χ0v) is 15.1. The van der Waals surface area contributed by atoms with Crippen molar-refractivity contribution in [3.8, 4) is 11.5 Å². The number of nitrogens with zero attached hydrogens (tertiary/aromatic N) is 1. The highest BCUT2D eigenvalue weighted by Gasteiger charge is 2.20. The van der Waals surface area contributed by atoms with Crippen molar-refractivity contribution in [3.63, 3.8) is 0 Å². The standard InChI is InChI=1S/C18H22N2O4S/c1-12(2)8-15(18(22)23)20-16(21)11-25-10-14-9-24-17(19-14)13-6-4-3-5-7-13/h3-7,9,12,15H,8,10-11H2,1-2H3,(H,20,21)(H,22,23)/t15-/m0/s1. The van der Waals surface area contributed by atoms with Crippen LogP contribution in [0.5, 0.6) is 0 Å². The van der Waals surface area contributed by atoms with E-state index in [9.17, 15) is 9.59 Å². The maximum Gasteiger partial charge on any atom is 0.326 e. The van der Waals surface area contributed by atoms with Crippen molar-refractivity contribution >= 4 is 23.6 Å². The average molecular weight is 362 g/mol. The van der Waals surface area contributed by atoms with Gasteiger partial charge in [0.15, 0.2) is 0 Å². The van der Waals surface area contributed by atoms with E-state index in [1.165, 1.54) is 11.8 Å². The van der Waals surface area contributed by atoms with Crippen LogP contribution >= 0.6 is 11.8 Å². The highest BCUT2D eigenvalue weighted by atomic mass is 32.2. The molecule has 0 saturated heterocycles. The number of aromatic nitrogens is 1. The fourth-order valence-electron chi connectivity index (χ4n) is 2.26. The Morgan fingerprint density at radius 3 is 2.64 bits per heavy atom. The van der Waals surface area contributed by atoms with Gasteiger partial charge in [0.05, 0.1) is 11.4 Å². The van der Waals surface area contributed by atoms with Gasteiger partial charge in [-0.05, 0) is 24.5 Å². The molecule has 2 aromatic rings. The van der Waals surface area contributed by atoms with Gasteiger partial charge in [-0.2, -0.15) is 0 Å². The lowest BCUT2D eigenvalue weighted by molar-refractivity contribution is -0.141. The third kappa shape index (κ3) is 6.26. The SMILES string of the molecule is CC(C)C[C@H](NC(=O)CSCc1coc(-c2ccccc2)n1)C(=O)O. The molecule has 25 heavy (non-hydrogen) atoms. The zero-order valence-electron chi connectivity index (χ0n) is 14.3. The summed E-state index contributed by atoms with van der Waals surface area (Å²) in [4.78, 5) is 27.5. The van der Waals surface area contributed by atoms with Crippen molar-refractivity contribution < 1.29 is 19.1 Å². The lowest BCUT2D eigenvalue weighted by Crippen LogP contribution is -2.42. The number of nitrogens with one attached hydrogen (secondary N) is 1. The predicted octanol–water partition coefficient (Wildman–Crippen LogP) is 3.19. The first kappa shape index (κ1) is 19.1. The van der Waals surface area contributed by atoms with Crippen molar-refractivity contribution in [1.29, 1.82) is 0 Å². The Bertz CT molecular complexity index is 700. The molecule has 2 N–H and O–H groups in total. The predicted molar refractivity (Wildman–Crippen MR) is 97.1 cm³/mol. The molecule has 0 saturated carbocycles. The summed E-state index contributed by atoms with van der Waals surface area (Å²) in [6, 6.07) is 8.73. The third-order valence-corrected chi connectivity index (χ3v) is 4.36. The number of aliphatic carboxylic acids is 1. The smallest absolute Gasteiger partial charge is 0.326 e. The summed E-state index contributed by atoms with van der Waals surface area (Å²) < 4.78 is 5.45. The largest absolute Gasteiger partial charge is 0.480 e. The van der Waals surface area contributed by atoms with Gasteiger partial charge < -0.3 is 14.8 Å². The molecule has 2 rings (SSSR count). The number of benzene rings is 1. The molecule has 0 aliphatic carbocycles. The van der Waals surface area contributed by atoms with Crippen molar-refractivity contribution in [2.45, 2.75) is 32.1 Å². The second-order valence-corrected chi connectivity index (χ2v) is 7.08. The Kier molecular flexibility index (Phi) is 7.06. The van der Waals surface area contributed by atoms with Crippen LogP contribution in [0.25, 0.3) is 11.5 Å². The minimum absolute atomic E-state index is 0.176. The second kappa shape index (κ2) is 9.27. The Labute approximate surface area is 151 Å². The molecule has 0 bridgehead atoms. The first-order chi connectivity index (χ1) is 12.0. The van der Waals surface area contributed by atoms with Crippen LogP contribution in [-0.4, -0.2) is 33.8 Å². The summed E-state index contributed by atoms with van der Waals surface area (Å²) in [5.41, 5.74) is 1.64. The number of hydrogen-bond acceptors (Lipinski definition) is 5. The monoisotopic (exact) mass is 362 g/mol. The Morgan fingerprint density at radius 2 is 2.00 bits per heavy atom.